The van der Waals surface area contributed by atoms with Gasteiger partial charge in [-0.3, -0.25) is 0 Å². The summed E-state index contributed by atoms with van der Waals surface area (Å²) < 4.78 is 14.9. The molecule has 6 heteroatoms. The van der Waals surface area contributed by atoms with Gasteiger partial charge in [0.05, 0.1) is 0 Å². The smallest absolute Gasteiger partial charge is 0.164 e. The number of rotatable bonds is 4. The first kappa shape index (κ1) is 30.3. The van der Waals surface area contributed by atoms with Crippen molar-refractivity contribution in [2.45, 2.75) is 0 Å². The molecule has 0 spiro atoms. The quantitative estimate of drug-likeness (QED) is 0.181. The van der Waals surface area contributed by atoms with Crippen molar-refractivity contribution in [2.24, 2.45) is 0 Å². The van der Waals surface area contributed by atoms with Crippen LogP contribution in [0.15, 0.2) is 173 Å². The number of aromatic nitrogens is 3. The lowest BCUT2D eigenvalue weighted by Crippen LogP contribution is -2.00. The third-order valence-electron chi connectivity index (χ3n) is 10.7. The Hall–Kier alpha value is -7.15. The molecule has 5 nitrogen and oxygen atoms in total. The first-order chi connectivity index (χ1) is 27.2. The Bertz CT molecular complexity index is 3370. The van der Waals surface area contributed by atoms with E-state index in [1.54, 1.807) is 11.3 Å². The maximum absolute atomic E-state index is 6.28. The number of thiophene rings is 1. The van der Waals surface area contributed by atoms with Crippen LogP contribution in [-0.4, -0.2) is 15.0 Å². The molecule has 4 heterocycles. The molecule has 0 aliphatic carbocycles. The minimum absolute atomic E-state index is 0.601. The molecule has 0 N–H and O–H groups in total. The van der Waals surface area contributed by atoms with Gasteiger partial charge in [-0.25, -0.2) is 15.0 Å². The van der Waals surface area contributed by atoms with Gasteiger partial charge >= 0.3 is 0 Å². The predicted molar refractivity (Wildman–Crippen MR) is 227 cm³/mol. The number of furan rings is 2. The van der Waals surface area contributed by atoms with Crippen LogP contribution in [0.3, 0.4) is 0 Å². The molecule has 12 aromatic rings. The number of hydrogen-bond donors (Lipinski definition) is 0. The van der Waals surface area contributed by atoms with Crippen LogP contribution in [0.4, 0.5) is 0 Å². The summed E-state index contributed by atoms with van der Waals surface area (Å²) in [6, 6.07) is 56.9. The average molecular weight is 722 g/mol. The summed E-state index contributed by atoms with van der Waals surface area (Å²) in [5, 5.41) is 8.97. The van der Waals surface area contributed by atoms with Gasteiger partial charge < -0.3 is 8.83 Å². The van der Waals surface area contributed by atoms with Gasteiger partial charge in [-0.1, -0.05) is 115 Å². The van der Waals surface area contributed by atoms with Crippen LogP contribution >= 0.6 is 11.3 Å². The molecule has 8 aromatic carbocycles. The largest absolute Gasteiger partial charge is 0.456 e. The Labute approximate surface area is 317 Å². The fourth-order valence-corrected chi connectivity index (χ4v) is 9.26. The molecule has 0 saturated carbocycles. The normalized spacial score (nSPS) is 12.0. The maximum Gasteiger partial charge on any atom is 0.164 e. The molecule has 0 atom stereocenters. The van der Waals surface area contributed by atoms with E-state index in [0.29, 0.717) is 17.5 Å². The standard InChI is InChI=1S/C49H27N3O2S/c1-4-14-39-33(9-1)38-26-31-24-23-30(25-32(31)27-42(38)54-39)28-19-21-29(22-20-28)47-50-48(36-12-7-16-41-45(36)34-10-2-5-15-40(34)53-41)52-49(51-47)37-13-8-18-44-46(37)35-11-3-6-17-43(35)55-44/h1-27H. The molecule has 0 amide bonds. The highest BCUT2D eigenvalue weighted by molar-refractivity contribution is 7.25. The highest BCUT2D eigenvalue weighted by atomic mass is 32.1. The van der Waals surface area contributed by atoms with Gasteiger partial charge in [0.25, 0.3) is 0 Å². The molecule has 0 bridgehead atoms. The van der Waals surface area contributed by atoms with E-state index in [1.807, 2.05) is 42.5 Å². The first-order valence-corrected chi connectivity index (χ1v) is 19.1. The van der Waals surface area contributed by atoms with Gasteiger partial charge in [0.1, 0.15) is 22.3 Å². The lowest BCUT2D eigenvalue weighted by Gasteiger charge is -2.11. The zero-order chi connectivity index (χ0) is 36.0. The molecule has 0 fully saturated rings. The second kappa shape index (κ2) is 11.7. The molecule has 4 aromatic heterocycles. The van der Waals surface area contributed by atoms with Crippen LogP contribution in [0.5, 0.6) is 0 Å². The van der Waals surface area contributed by atoms with Crippen LogP contribution in [0.1, 0.15) is 0 Å². The molecular formula is C49H27N3O2S. The Morgan fingerprint density at radius 3 is 1.78 bits per heavy atom. The molecule has 12 rings (SSSR count). The molecular weight excluding hydrogens is 695 g/mol. The van der Waals surface area contributed by atoms with E-state index in [9.17, 15) is 0 Å². The minimum atomic E-state index is 0.601. The third-order valence-corrected chi connectivity index (χ3v) is 11.9. The zero-order valence-corrected chi connectivity index (χ0v) is 30.0. The van der Waals surface area contributed by atoms with E-state index >= 15 is 0 Å². The van der Waals surface area contributed by atoms with Gasteiger partial charge in [0.15, 0.2) is 17.5 Å². The summed E-state index contributed by atoms with van der Waals surface area (Å²) in [6.07, 6.45) is 0. The van der Waals surface area contributed by atoms with E-state index in [-0.39, 0.29) is 0 Å². The number of hydrogen-bond acceptors (Lipinski definition) is 6. The first-order valence-electron chi connectivity index (χ1n) is 18.3. The second-order valence-electron chi connectivity index (χ2n) is 13.9. The van der Waals surface area contributed by atoms with Crippen LogP contribution < -0.4 is 0 Å². The number of para-hydroxylation sites is 2. The zero-order valence-electron chi connectivity index (χ0n) is 29.2. The van der Waals surface area contributed by atoms with Gasteiger partial charge in [-0.05, 0) is 70.4 Å². The average Bonchev–Trinajstić information content (AvgIpc) is 3.93. The second-order valence-corrected chi connectivity index (χ2v) is 15.0. The summed E-state index contributed by atoms with van der Waals surface area (Å²) >= 11 is 1.79. The lowest BCUT2D eigenvalue weighted by molar-refractivity contribution is 0.669. The van der Waals surface area contributed by atoms with Crippen molar-refractivity contribution in [1.29, 1.82) is 0 Å². The molecule has 256 valence electrons. The lowest BCUT2D eigenvalue weighted by atomic mass is 9.99. The van der Waals surface area contributed by atoms with Gasteiger partial charge in [-0.15, -0.1) is 11.3 Å². The Kier molecular flexibility index (Phi) is 6.44. The topological polar surface area (TPSA) is 65.0 Å². The van der Waals surface area contributed by atoms with Crippen molar-refractivity contribution in [1.82, 2.24) is 15.0 Å². The molecule has 0 saturated heterocycles. The Morgan fingerprint density at radius 2 is 0.945 bits per heavy atom. The maximum atomic E-state index is 6.28. The van der Waals surface area contributed by atoms with Crippen LogP contribution in [-0.2, 0) is 0 Å². The number of nitrogens with zero attached hydrogens (tertiary/aromatic N) is 3. The summed E-state index contributed by atoms with van der Waals surface area (Å²) in [4.78, 5) is 15.6. The SMILES string of the molecule is c1ccc2c(c1)oc1cc3cc(-c4ccc(-c5nc(-c6cccc7oc8ccccc8c67)nc(-c6cccc7sc8ccccc8c67)n5)cc4)ccc3cc12. The molecule has 55 heavy (non-hydrogen) atoms. The van der Waals surface area contributed by atoms with Crippen molar-refractivity contribution >= 4 is 86.2 Å². The molecule has 0 radical (unpaired) electrons. The highest BCUT2D eigenvalue weighted by Gasteiger charge is 2.20. The minimum Gasteiger partial charge on any atom is -0.456 e. The summed E-state index contributed by atoms with van der Waals surface area (Å²) in [6.45, 7) is 0. The van der Waals surface area contributed by atoms with Crippen molar-refractivity contribution in [3.63, 3.8) is 0 Å². The van der Waals surface area contributed by atoms with Gasteiger partial charge in [0.2, 0.25) is 0 Å². The summed E-state index contributed by atoms with van der Waals surface area (Å²) in [7, 11) is 0. The Morgan fingerprint density at radius 1 is 0.345 bits per heavy atom. The van der Waals surface area contributed by atoms with E-state index in [1.165, 1.54) is 20.2 Å². The predicted octanol–water partition coefficient (Wildman–Crippen LogP) is 13.9. The van der Waals surface area contributed by atoms with Crippen molar-refractivity contribution in [2.75, 3.05) is 0 Å². The highest BCUT2D eigenvalue weighted by Crippen LogP contribution is 2.41. The molecule has 0 aliphatic heterocycles. The van der Waals surface area contributed by atoms with E-state index in [0.717, 1.165) is 82.5 Å². The molecule has 0 unspecified atom stereocenters. The van der Waals surface area contributed by atoms with Crippen LogP contribution in [0, 0.1) is 0 Å². The third kappa shape index (κ3) is 4.75. The summed E-state index contributed by atoms with van der Waals surface area (Å²) in [5.74, 6) is 1.84. The summed E-state index contributed by atoms with van der Waals surface area (Å²) in [5.41, 5.74) is 8.46. The van der Waals surface area contributed by atoms with Crippen molar-refractivity contribution < 1.29 is 8.83 Å². The number of fused-ring (bicyclic) bond motifs is 10. The van der Waals surface area contributed by atoms with E-state index in [2.05, 4.69) is 121 Å². The number of benzene rings is 8. The van der Waals surface area contributed by atoms with Gasteiger partial charge in [-0.2, -0.15) is 0 Å². The van der Waals surface area contributed by atoms with Crippen molar-refractivity contribution in [3.8, 4) is 45.3 Å². The fourth-order valence-electron chi connectivity index (χ4n) is 8.13. The Balaban J connectivity index is 1.02. The fraction of sp³-hybridized carbons (Fsp3) is 0. The van der Waals surface area contributed by atoms with Crippen molar-refractivity contribution in [3.05, 3.63) is 164 Å². The van der Waals surface area contributed by atoms with Gasteiger partial charge in [0, 0.05) is 58.4 Å². The van der Waals surface area contributed by atoms with Crippen LogP contribution in [0.2, 0.25) is 0 Å². The molecule has 0 aliphatic rings. The van der Waals surface area contributed by atoms with E-state index < -0.39 is 0 Å². The van der Waals surface area contributed by atoms with E-state index in [4.69, 9.17) is 23.8 Å². The monoisotopic (exact) mass is 721 g/mol. The van der Waals surface area contributed by atoms with Crippen LogP contribution in [0.25, 0.3) is 120 Å².